The molecule has 1 N–H and O–H groups in total. The molecule has 1 aromatic carbocycles. The van der Waals surface area contributed by atoms with Gasteiger partial charge in [0.15, 0.2) is 0 Å². The van der Waals surface area contributed by atoms with Crippen LogP contribution >= 0.6 is 0 Å². The van der Waals surface area contributed by atoms with E-state index in [-0.39, 0.29) is 30.1 Å². The largest absolute Gasteiger partial charge is 0.450 e. The molecule has 0 unspecified atom stereocenters. The van der Waals surface area contributed by atoms with Crippen LogP contribution in [-0.4, -0.2) is 66.5 Å². The van der Waals surface area contributed by atoms with Crippen molar-refractivity contribution in [3.05, 3.63) is 35.6 Å². The van der Waals surface area contributed by atoms with Gasteiger partial charge in [0, 0.05) is 26.2 Å². The normalized spacial score (nSPS) is 15.3. The highest BCUT2D eigenvalue weighted by Gasteiger charge is 2.28. The average Bonchev–Trinajstić information content (AvgIpc) is 2.63. The predicted octanol–water partition coefficient (Wildman–Crippen LogP) is 1.17. The summed E-state index contributed by atoms with van der Waals surface area (Å²) in [6.45, 7) is 5.29. The second kappa shape index (κ2) is 9.17. The molecule has 1 aliphatic rings. The van der Waals surface area contributed by atoms with Gasteiger partial charge in [-0.3, -0.25) is 9.59 Å². The highest BCUT2D eigenvalue weighted by Crippen LogP contribution is 2.07. The zero-order valence-corrected chi connectivity index (χ0v) is 15.0. The van der Waals surface area contributed by atoms with Gasteiger partial charge in [-0.2, -0.15) is 0 Å². The second-order valence-electron chi connectivity index (χ2n) is 6.10. The lowest BCUT2D eigenvalue weighted by molar-refractivity contribution is -0.137. The van der Waals surface area contributed by atoms with Crippen molar-refractivity contribution in [1.29, 1.82) is 0 Å². The standard InChI is InChI=1S/C18H24FN3O4/c1-3-26-18(25)22-10-8-21(9-11-22)17(24)13(2)20-16(23)12-14-4-6-15(19)7-5-14/h4-7,13H,3,8-12H2,1-2H3,(H,20,23)/t13-/m0/s1. The Labute approximate surface area is 152 Å². The fourth-order valence-corrected chi connectivity index (χ4v) is 2.74. The molecule has 0 radical (unpaired) electrons. The summed E-state index contributed by atoms with van der Waals surface area (Å²) in [5.74, 6) is -0.858. The lowest BCUT2D eigenvalue weighted by atomic mass is 10.1. The number of amides is 3. The average molecular weight is 365 g/mol. The minimum Gasteiger partial charge on any atom is -0.450 e. The Morgan fingerprint density at radius 1 is 1.12 bits per heavy atom. The van der Waals surface area contributed by atoms with Gasteiger partial charge in [-0.1, -0.05) is 12.1 Å². The zero-order chi connectivity index (χ0) is 19.1. The van der Waals surface area contributed by atoms with E-state index in [2.05, 4.69) is 5.32 Å². The van der Waals surface area contributed by atoms with E-state index in [1.54, 1.807) is 23.6 Å². The Kier molecular flexibility index (Phi) is 6.94. The second-order valence-corrected chi connectivity index (χ2v) is 6.10. The van der Waals surface area contributed by atoms with Gasteiger partial charge in [-0.25, -0.2) is 9.18 Å². The molecular formula is C18H24FN3O4. The number of nitrogens with zero attached hydrogens (tertiary/aromatic N) is 2. The highest BCUT2D eigenvalue weighted by atomic mass is 19.1. The van der Waals surface area contributed by atoms with Crippen LogP contribution in [0.4, 0.5) is 9.18 Å². The smallest absolute Gasteiger partial charge is 0.409 e. The van der Waals surface area contributed by atoms with Crippen molar-refractivity contribution in [3.63, 3.8) is 0 Å². The zero-order valence-electron chi connectivity index (χ0n) is 15.0. The van der Waals surface area contributed by atoms with Crippen LogP contribution in [0, 0.1) is 5.82 Å². The molecule has 3 amide bonds. The molecule has 0 aromatic heterocycles. The number of benzene rings is 1. The Bertz CT molecular complexity index is 642. The van der Waals surface area contributed by atoms with Gasteiger partial charge in [0.2, 0.25) is 11.8 Å². The summed E-state index contributed by atoms with van der Waals surface area (Å²) in [6, 6.07) is 4.99. The van der Waals surface area contributed by atoms with Gasteiger partial charge < -0.3 is 19.9 Å². The lowest BCUT2D eigenvalue weighted by Gasteiger charge is -2.35. The molecule has 1 saturated heterocycles. The molecular weight excluding hydrogens is 341 g/mol. The lowest BCUT2D eigenvalue weighted by Crippen LogP contribution is -2.55. The SMILES string of the molecule is CCOC(=O)N1CCN(C(=O)[C@H](C)NC(=O)Cc2ccc(F)cc2)CC1. The van der Waals surface area contributed by atoms with Crippen molar-refractivity contribution >= 4 is 17.9 Å². The minimum absolute atomic E-state index is 0.0779. The van der Waals surface area contributed by atoms with E-state index in [1.807, 2.05) is 0 Å². The van der Waals surface area contributed by atoms with Gasteiger partial charge in [-0.05, 0) is 31.5 Å². The maximum Gasteiger partial charge on any atom is 0.409 e. The molecule has 0 saturated carbocycles. The summed E-state index contributed by atoms with van der Waals surface area (Å²) in [6.07, 6.45) is -0.297. The van der Waals surface area contributed by atoms with Gasteiger partial charge in [0.1, 0.15) is 11.9 Å². The molecule has 1 aliphatic heterocycles. The number of piperazine rings is 1. The third kappa shape index (κ3) is 5.44. The predicted molar refractivity (Wildman–Crippen MR) is 92.9 cm³/mol. The summed E-state index contributed by atoms with van der Waals surface area (Å²) < 4.78 is 17.8. The van der Waals surface area contributed by atoms with Crippen molar-refractivity contribution in [2.75, 3.05) is 32.8 Å². The van der Waals surface area contributed by atoms with Crippen LogP contribution in [0.1, 0.15) is 19.4 Å². The van der Waals surface area contributed by atoms with Crippen LogP contribution in [0.5, 0.6) is 0 Å². The van der Waals surface area contributed by atoms with Crippen molar-refractivity contribution < 1.29 is 23.5 Å². The molecule has 1 aromatic rings. The summed E-state index contributed by atoms with van der Waals surface area (Å²) in [7, 11) is 0. The first-order valence-corrected chi connectivity index (χ1v) is 8.65. The Balaban J connectivity index is 1.79. The number of hydrogen-bond donors (Lipinski definition) is 1. The third-order valence-electron chi connectivity index (χ3n) is 4.14. The van der Waals surface area contributed by atoms with E-state index in [0.717, 1.165) is 0 Å². The Morgan fingerprint density at radius 3 is 2.27 bits per heavy atom. The molecule has 142 valence electrons. The molecule has 1 fully saturated rings. The van der Waals surface area contributed by atoms with Gasteiger partial charge in [-0.15, -0.1) is 0 Å². The molecule has 26 heavy (non-hydrogen) atoms. The summed E-state index contributed by atoms with van der Waals surface area (Å²) in [4.78, 5) is 39.4. The quantitative estimate of drug-likeness (QED) is 0.850. The number of nitrogens with one attached hydrogen (secondary N) is 1. The van der Waals surface area contributed by atoms with E-state index in [0.29, 0.717) is 38.3 Å². The number of halogens is 1. The van der Waals surface area contributed by atoms with E-state index in [9.17, 15) is 18.8 Å². The molecule has 8 heteroatoms. The van der Waals surface area contributed by atoms with E-state index in [1.165, 1.54) is 24.3 Å². The minimum atomic E-state index is -0.669. The first kappa shape index (κ1) is 19.7. The molecule has 2 rings (SSSR count). The number of rotatable bonds is 5. The van der Waals surface area contributed by atoms with Crippen LogP contribution in [0.15, 0.2) is 24.3 Å². The topological polar surface area (TPSA) is 79.0 Å². The number of carbonyl (C=O) groups excluding carboxylic acids is 3. The molecule has 1 atom stereocenters. The monoisotopic (exact) mass is 365 g/mol. The maximum atomic E-state index is 12.9. The molecule has 0 aliphatic carbocycles. The Morgan fingerprint density at radius 2 is 1.69 bits per heavy atom. The summed E-state index contributed by atoms with van der Waals surface area (Å²) >= 11 is 0. The fraction of sp³-hybridized carbons (Fsp3) is 0.500. The van der Waals surface area contributed by atoms with Gasteiger partial charge in [0.05, 0.1) is 13.0 Å². The first-order chi connectivity index (χ1) is 12.4. The highest BCUT2D eigenvalue weighted by molar-refractivity contribution is 5.88. The first-order valence-electron chi connectivity index (χ1n) is 8.65. The van der Waals surface area contributed by atoms with Crippen LogP contribution in [0.2, 0.25) is 0 Å². The van der Waals surface area contributed by atoms with Gasteiger partial charge >= 0.3 is 6.09 Å². The Hall–Kier alpha value is -2.64. The van der Waals surface area contributed by atoms with Crippen molar-refractivity contribution in [1.82, 2.24) is 15.1 Å². The fourth-order valence-electron chi connectivity index (χ4n) is 2.74. The van der Waals surface area contributed by atoms with Crippen LogP contribution < -0.4 is 5.32 Å². The maximum absolute atomic E-state index is 12.9. The van der Waals surface area contributed by atoms with Crippen LogP contribution in [0.3, 0.4) is 0 Å². The molecule has 1 heterocycles. The number of carbonyl (C=O) groups is 3. The summed E-state index contributed by atoms with van der Waals surface area (Å²) in [5.41, 5.74) is 0.673. The van der Waals surface area contributed by atoms with Crippen molar-refractivity contribution in [3.8, 4) is 0 Å². The number of hydrogen-bond acceptors (Lipinski definition) is 4. The number of ether oxygens (including phenoxy) is 1. The van der Waals surface area contributed by atoms with Crippen molar-refractivity contribution in [2.24, 2.45) is 0 Å². The van der Waals surface area contributed by atoms with E-state index in [4.69, 9.17) is 4.74 Å². The summed E-state index contributed by atoms with van der Waals surface area (Å²) in [5, 5.41) is 2.67. The van der Waals surface area contributed by atoms with Gasteiger partial charge in [0.25, 0.3) is 0 Å². The third-order valence-corrected chi connectivity index (χ3v) is 4.14. The van der Waals surface area contributed by atoms with Crippen LogP contribution in [0.25, 0.3) is 0 Å². The van der Waals surface area contributed by atoms with Crippen LogP contribution in [-0.2, 0) is 20.7 Å². The molecule has 0 spiro atoms. The molecule has 0 bridgehead atoms. The van der Waals surface area contributed by atoms with E-state index >= 15 is 0 Å². The van der Waals surface area contributed by atoms with E-state index < -0.39 is 6.04 Å². The van der Waals surface area contributed by atoms with Crippen molar-refractivity contribution in [2.45, 2.75) is 26.3 Å². The molecule has 7 nitrogen and oxygen atoms in total.